The minimum atomic E-state index is 0.0955. The van der Waals surface area contributed by atoms with Gasteiger partial charge in [-0.05, 0) is 123 Å². The Morgan fingerprint density at radius 2 is 1.63 bits per heavy atom. The third kappa shape index (κ3) is 7.25. The van der Waals surface area contributed by atoms with E-state index in [-0.39, 0.29) is 24.2 Å². The van der Waals surface area contributed by atoms with E-state index in [0.29, 0.717) is 18.9 Å². The first-order valence-electron chi connectivity index (χ1n) is 21.4. The monoisotopic (exact) mass is 781 g/mol. The lowest BCUT2D eigenvalue weighted by Crippen LogP contribution is -2.50. The maximum atomic E-state index is 9.58. The van der Waals surface area contributed by atoms with Crippen molar-refractivity contribution in [3.8, 4) is 17.2 Å². The maximum Gasteiger partial charge on any atom is 0.137 e. The highest BCUT2D eigenvalue weighted by molar-refractivity contribution is 5.96. The van der Waals surface area contributed by atoms with Gasteiger partial charge in [0.25, 0.3) is 0 Å². The van der Waals surface area contributed by atoms with Gasteiger partial charge in [-0.2, -0.15) is 5.26 Å². The number of piperidine rings is 2. The van der Waals surface area contributed by atoms with Crippen LogP contribution in [0.15, 0.2) is 103 Å². The van der Waals surface area contributed by atoms with E-state index in [1.165, 1.54) is 23.2 Å². The van der Waals surface area contributed by atoms with Crippen molar-refractivity contribution in [3.05, 3.63) is 137 Å². The van der Waals surface area contributed by atoms with E-state index in [0.717, 1.165) is 108 Å². The molecule has 59 heavy (non-hydrogen) atoms. The van der Waals surface area contributed by atoms with E-state index >= 15 is 0 Å². The summed E-state index contributed by atoms with van der Waals surface area (Å²) in [6, 6.07) is 22.6. The minimum absolute atomic E-state index is 0.0955. The van der Waals surface area contributed by atoms with Crippen molar-refractivity contribution in [3.63, 3.8) is 0 Å². The predicted octanol–water partition coefficient (Wildman–Crippen LogP) is 8.60. The highest BCUT2D eigenvalue weighted by atomic mass is 15.3. The minimum Gasteiger partial charge on any atom is -0.342 e. The number of pyridine rings is 3. The SMILES string of the molecule is Cc1cccnc1[C@@H]1CCC[C@H](c2nc3cc(-c4ccc5nc(CCN6[C@@H](C7CN8C=CC=CC8=N7)CCC[C@H]6c6ncccc6C)[nH]c5c4)ccn3c2CCC#N)N1. The molecule has 5 aromatic heterocycles. The number of amidine groups is 1. The number of H-pyrrole nitrogens is 1. The first-order chi connectivity index (χ1) is 29.0. The van der Waals surface area contributed by atoms with Crippen LogP contribution in [0.1, 0.15) is 103 Å². The number of nitrogens with zero attached hydrogens (tertiary/aromatic N) is 9. The van der Waals surface area contributed by atoms with Crippen LogP contribution >= 0.6 is 0 Å². The molecule has 0 spiro atoms. The molecule has 2 fully saturated rings. The first-order valence-corrected chi connectivity index (χ1v) is 21.4. The first kappa shape index (κ1) is 37.3. The van der Waals surface area contributed by atoms with Gasteiger partial charge in [0.1, 0.15) is 17.3 Å². The summed E-state index contributed by atoms with van der Waals surface area (Å²) >= 11 is 0. The van der Waals surface area contributed by atoms with E-state index in [4.69, 9.17) is 24.9 Å². The van der Waals surface area contributed by atoms with Crippen LogP contribution in [0.4, 0.5) is 0 Å². The van der Waals surface area contributed by atoms with Crippen molar-refractivity contribution >= 4 is 22.5 Å². The van der Waals surface area contributed by atoms with E-state index in [1.54, 1.807) is 0 Å². The van der Waals surface area contributed by atoms with Crippen LogP contribution in [0.25, 0.3) is 27.8 Å². The van der Waals surface area contributed by atoms with Crippen LogP contribution in [-0.2, 0) is 12.8 Å². The molecule has 0 amide bonds. The number of nitriles is 1. The van der Waals surface area contributed by atoms with Gasteiger partial charge in [-0.3, -0.25) is 19.9 Å². The molecule has 6 aromatic rings. The quantitative estimate of drug-likeness (QED) is 0.142. The summed E-state index contributed by atoms with van der Waals surface area (Å²) < 4.78 is 2.18. The molecule has 1 unspecified atom stereocenters. The normalized spacial score (nSPS) is 23.2. The van der Waals surface area contributed by atoms with Gasteiger partial charge in [-0.1, -0.05) is 24.3 Å². The van der Waals surface area contributed by atoms with Crippen molar-refractivity contribution < 1.29 is 0 Å². The zero-order chi connectivity index (χ0) is 39.9. The number of hydrogen-bond acceptors (Lipinski definition) is 9. The second-order valence-electron chi connectivity index (χ2n) is 16.7. The van der Waals surface area contributed by atoms with Crippen molar-refractivity contribution in [2.75, 3.05) is 13.1 Å². The van der Waals surface area contributed by atoms with Gasteiger partial charge in [0.05, 0.1) is 58.4 Å². The Labute approximate surface area is 345 Å². The second-order valence-corrected chi connectivity index (χ2v) is 16.7. The predicted molar refractivity (Wildman–Crippen MR) is 232 cm³/mol. The largest absolute Gasteiger partial charge is 0.342 e. The molecule has 4 aliphatic rings. The molecule has 4 aliphatic heterocycles. The van der Waals surface area contributed by atoms with Gasteiger partial charge < -0.3 is 19.6 Å². The number of hydrogen-bond donors (Lipinski definition) is 2. The number of aryl methyl sites for hydroxylation is 3. The number of allylic oxidation sites excluding steroid dienone is 2. The van der Waals surface area contributed by atoms with Crippen LogP contribution in [0, 0.1) is 25.2 Å². The number of rotatable bonds is 10. The highest BCUT2D eigenvalue weighted by Gasteiger charge is 2.40. The van der Waals surface area contributed by atoms with Crippen molar-refractivity contribution in [1.82, 2.24) is 44.4 Å². The van der Waals surface area contributed by atoms with Gasteiger partial charge in [-0.15, -0.1) is 0 Å². The number of fused-ring (bicyclic) bond motifs is 3. The molecule has 11 nitrogen and oxygen atoms in total. The highest BCUT2D eigenvalue weighted by Crippen LogP contribution is 2.39. The molecular weight excluding hydrogens is 731 g/mol. The molecule has 2 saturated heterocycles. The molecule has 9 heterocycles. The number of likely N-dealkylation sites (tertiary alicyclic amines) is 1. The van der Waals surface area contributed by atoms with Gasteiger partial charge >= 0.3 is 0 Å². The second kappa shape index (κ2) is 16.0. The van der Waals surface area contributed by atoms with Crippen LogP contribution in [0.2, 0.25) is 0 Å². The Bertz CT molecular complexity index is 2640. The molecule has 2 N–H and O–H groups in total. The number of aromatic amines is 1. The van der Waals surface area contributed by atoms with E-state index in [9.17, 15) is 5.26 Å². The molecular formula is C48H51N11. The van der Waals surface area contributed by atoms with Gasteiger partial charge in [-0.25, -0.2) is 9.97 Å². The zero-order valence-electron chi connectivity index (χ0n) is 33.9. The summed E-state index contributed by atoms with van der Waals surface area (Å²) in [7, 11) is 0. The summed E-state index contributed by atoms with van der Waals surface area (Å²) in [6.07, 6.45) is 22.9. The molecule has 0 aliphatic carbocycles. The molecule has 0 radical (unpaired) electrons. The van der Waals surface area contributed by atoms with E-state index in [2.05, 4.69) is 118 Å². The van der Waals surface area contributed by atoms with E-state index < -0.39 is 0 Å². The average molecular weight is 782 g/mol. The summed E-state index contributed by atoms with van der Waals surface area (Å²) in [6.45, 7) is 6.11. The van der Waals surface area contributed by atoms with Crippen LogP contribution in [0.3, 0.4) is 0 Å². The molecule has 10 rings (SSSR count). The molecule has 5 atom stereocenters. The maximum absolute atomic E-state index is 9.58. The standard InChI is InChI=1S/C48H51N11/c1-31-10-8-23-50-46(31)36-12-5-13-37(52-36)48-42(16-7-22-49)59-26-20-34(29-45(59)56-48)33-18-19-35-38(28-33)54-43(53-35)21-27-58-40(39-30-57-25-4-3-17-44(57)55-39)14-6-15-41(58)47-32(2)11-9-24-51-47/h3-4,8-11,17-20,23-26,28-29,36-37,39-41,52H,5-7,12-16,21,27,30H2,1-2H3,(H,53,54)/t36-,37+,39?,40+,41-/m0/s1. The molecule has 11 heteroatoms. The Morgan fingerprint density at radius 1 is 0.831 bits per heavy atom. The van der Waals surface area contributed by atoms with Gasteiger partial charge in [0, 0.05) is 68.9 Å². The number of aliphatic imine (C=N–C) groups is 1. The van der Waals surface area contributed by atoms with Crippen molar-refractivity contribution in [2.24, 2.45) is 4.99 Å². The summed E-state index contributed by atoms with van der Waals surface area (Å²) in [4.78, 5) is 34.0. The lowest BCUT2D eigenvalue weighted by Gasteiger charge is -2.44. The lowest BCUT2D eigenvalue weighted by molar-refractivity contribution is 0.0650. The van der Waals surface area contributed by atoms with Crippen molar-refractivity contribution in [2.45, 2.75) is 102 Å². The van der Waals surface area contributed by atoms with Crippen molar-refractivity contribution in [1.29, 1.82) is 5.26 Å². The van der Waals surface area contributed by atoms with Crippen LogP contribution in [0.5, 0.6) is 0 Å². The molecule has 0 bridgehead atoms. The summed E-state index contributed by atoms with van der Waals surface area (Å²) in [5.74, 6) is 2.06. The molecule has 1 aromatic carbocycles. The zero-order valence-corrected chi connectivity index (χ0v) is 33.9. The Balaban J connectivity index is 0.908. The lowest BCUT2D eigenvalue weighted by atomic mass is 9.88. The third-order valence-corrected chi connectivity index (χ3v) is 13.0. The summed E-state index contributed by atoms with van der Waals surface area (Å²) in [5.41, 5.74) is 12.0. The molecule has 298 valence electrons. The van der Waals surface area contributed by atoms with Crippen LogP contribution < -0.4 is 5.32 Å². The summed E-state index contributed by atoms with van der Waals surface area (Å²) in [5, 5.41) is 13.5. The number of benzene rings is 1. The average Bonchev–Trinajstić information content (AvgIpc) is 4.00. The number of aromatic nitrogens is 6. The smallest absolute Gasteiger partial charge is 0.137 e. The Morgan fingerprint density at radius 3 is 2.44 bits per heavy atom. The topological polar surface area (TPSA) is 126 Å². The van der Waals surface area contributed by atoms with E-state index in [1.807, 2.05) is 24.5 Å². The fourth-order valence-electron chi connectivity index (χ4n) is 10.1. The number of imidazole rings is 2. The fourth-order valence-corrected chi connectivity index (χ4v) is 10.1. The Kier molecular flexibility index (Phi) is 10.1. The van der Waals surface area contributed by atoms with Gasteiger partial charge in [0.2, 0.25) is 0 Å². The number of nitrogens with one attached hydrogen (secondary N) is 2. The Hall–Kier alpha value is -5.96. The molecule has 0 saturated carbocycles. The van der Waals surface area contributed by atoms with Crippen LogP contribution in [-0.4, -0.2) is 70.1 Å². The van der Waals surface area contributed by atoms with Gasteiger partial charge in [0.15, 0.2) is 0 Å². The third-order valence-electron chi connectivity index (χ3n) is 13.0. The fraction of sp³-hybridized carbons (Fsp3) is 0.375.